The third-order valence-electron chi connectivity index (χ3n) is 3.49. The van der Waals surface area contributed by atoms with E-state index in [9.17, 15) is 4.79 Å². The van der Waals surface area contributed by atoms with E-state index >= 15 is 0 Å². The lowest BCUT2D eigenvalue weighted by Crippen LogP contribution is -2.59. The number of hydrogen-bond donors (Lipinski definition) is 1. The van der Waals surface area contributed by atoms with Crippen molar-refractivity contribution >= 4 is 5.91 Å². The largest absolute Gasteiger partial charge is 0.337 e. The summed E-state index contributed by atoms with van der Waals surface area (Å²) in [5.74, 6) is 0.196. The minimum Gasteiger partial charge on any atom is -0.337 e. The maximum atomic E-state index is 12.4. The molecule has 1 unspecified atom stereocenters. The van der Waals surface area contributed by atoms with Crippen molar-refractivity contribution in [1.29, 1.82) is 0 Å². The number of rotatable bonds is 4. The maximum absolute atomic E-state index is 12.4. The Hall–Kier alpha value is -1.35. The number of amides is 1. The van der Waals surface area contributed by atoms with E-state index in [0.717, 1.165) is 25.2 Å². The van der Waals surface area contributed by atoms with Crippen molar-refractivity contribution < 1.29 is 4.79 Å². The van der Waals surface area contributed by atoms with Crippen LogP contribution in [0, 0.1) is 0 Å². The van der Waals surface area contributed by atoms with E-state index < -0.39 is 0 Å². The SMILES string of the molecule is CCN(C(=O)C(C)c1ccccc1)C1CNC1. The van der Waals surface area contributed by atoms with Crippen LogP contribution >= 0.6 is 0 Å². The van der Waals surface area contributed by atoms with Gasteiger partial charge in [-0.25, -0.2) is 0 Å². The molecule has 1 atom stereocenters. The van der Waals surface area contributed by atoms with Gasteiger partial charge in [0.2, 0.25) is 5.91 Å². The predicted molar refractivity (Wildman–Crippen MR) is 68.9 cm³/mol. The van der Waals surface area contributed by atoms with Gasteiger partial charge in [0.25, 0.3) is 0 Å². The summed E-state index contributed by atoms with van der Waals surface area (Å²) in [5, 5.41) is 3.22. The van der Waals surface area contributed by atoms with Gasteiger partial charge in [-0.3, -0.25) is 4.79 Å². The molecule has 1 fully saturated rings. The summed E-state index contributed by atoms with van der Waals surface area (Å²) in [6.07, 6.45) is 0. The average Bonchev–Trinajstić information content (AvgIpc) is 2.32. The summed E-state index contributed by atoms with van der Waals surface area (Å²) in [4.78, 5) is 14.4. The Kier molecular flexibility index (Phi) is 3.79. The zero-order chi connectivity index (χ0) is 12.3. The summed E-state index contributed by atoms with van der Waals surface area (Å²) in [6, 6.07) is 10.4. The lowest BCUT2D eigenvalue weighted by Gasteiger charge is -2.39. The number of hydrogen-bond acceptors (Lipinski definition) is 2. The minimum absolute atomic E-state index is 0.0447. The Morgan fingerprint density at radius 2 is 2.06 bits per heavy atom. The van der Waals surface area contributed by atoms with Crippen LogP contribution in [0.5, 0.6) is 0 Å². The Bertz CT molecular complexity index is 373. The van der Waals surface area contributed by atoms with Crippen molar-refractivity contribution in [1.82, 2.24) is 10.2 Å². The molecule has 1 aromatic rings. The molecule has 92 valence electrons. The van der Waals surface area contributed by atoms with Gasteiger partial charge in [0.05, 0.1) is 12.0 Å². The molecular formula is C14H20N2O. The maximum Gasteiger partial charge on any atom is 0.230 e. The molecule has 0 aromatic heterocycles. The highest BCUT2D eigenvalue weighted by atomic mass is 16.2. The topological polar surface area (TPSA) is 32.3 Å². The van der Waals surface area contributed by atoms with E-state index in [4.69, 9.17) is 0 Å². The van der Waals surface area contributed by atoms with Crippen LogP contribution in [0.2, 0.25) is 0 Å². The predicted octanol–water partition coefficient (Wildman–Crippen LogP) is 1.61. The molecule has 0 aliphatic carbocycles. The first kappa shape index (κ1) is 12.1. The zero-order valence-corrected chi connectivity index (χ0v) is 10.5. The Balaban J connectivity index is 2.07. The Morgan fingerprint density at radius 3 is 2.53 bits per heavy atom. The molecule has 1 heterocycles. The summed E-state index contributed by atoms with van der Waals surface area (Å²) >= 11 is 0. The highest BCUT2D eigenvalue weighted by molar-refractivity contribution is 5.83. The van der Waals surface area contributed by atoms with Gasteiger partial charge in [-0.15, -0.1) is 0 Å². The van der Waals surface area contributed by atoms with Crippen LogP contribution < -0.4 is 5.32 Å². The van der Waals surface area contributed by atoms with Crippen LogP contribution in [0.15, 0.2) is 30.3 Å². The average molecular weight is 232 g/mol. The van der Waals surface area contributed by atoms with Crippen LogP contribution in [-0.2, 0) is 4.79 Å². The molecule has 3 heteroatoms. The molecule has 17 heavy (non-hydrogen) atoms. The zero-order valence-electron chi connectivity index (χ0n) is 10.5. The van der Waals surface area contributed by atoms with Gasteiger partial charge in [-0.2, -0.15) is 0 Å². The molecule has 1 amide bonds. The lowest BCUT2D eigenvalue weighted by molar-refractivity contribution is -0.135. The molecule has 0 spiro atoms. The van der Waals surface area contributed by atoms with Crippen molar-refractivity contribution in [2.75, 3.05) is 19.6 Å². The van der Waals surface area contributed by atoms with E-state index in [-0.39, 0.29) is 11.8 Å². The lowest BCUT2D eigenvalue weighted by atomic mass is 9.98. The van der Waals surface area contributed by atoms with Gasteiger partial charge in [0, 0.05) is 19.6 Å². The monoisotopic (exact) mass is 232 g/mol. The van der Waals surface area contributed by atoms with Crippen LogP contribution in [0.4, 0.5) is 0 Å². The second kappa shape index (κ2) is 5.32. The van der Waals surface area contributed by atoms with Gasteiger partial charge in [0.1, 0.15) is 0 Å². The summed E-state index contributed by atoms with van der Waals surface area (Å²) in [7, 11) is 0. The van der Waals surface area contributed by atoms with E-state index in [1.54, 1.807) is 0 Å². The van der Waals surface area contributed by atoms with E-state index in [1.807, 2.05) is 49.1 Å². The second-order valence-electron chi connectivity index (χ2n) is 4.57. The van der Waals surface area contributed by atoms with E-state index in [0.29, 0.717) is 6.04 Å². The number of carbonyl (C=O) groups excluding carboxylic acids is 1. The first-order valence-electron chi connectivity index (χ1n) is 6.30. The van der Waals surface area contributed by atoms with E-state index in [2.05, 4.69) is 5.32 Å². The molecule has 1 aliphatic rings. The fourth-order valence-corrected chi connectivity index (χ4v) is 2.22. The molecule has 0 bridgehead atoms. The third-order valence-corrected chi connectivity index (χ3v) is 3.49. The van der Waals surface area contributed by atoms with Gasteiger partial charge in [-0.1, -0.05) is 30.3 Å². The fourth-order valence-electron chi connectivity index (χ4n) is 2.22. The van der Waals surface area contributed by atoms with Crippen molar-refractivity contribution in [3.8, 4) is 0 Å². The summed E-state index contributed by atoms with van der Waals surface area (Å²) < 4.78 is 0. The molecular weight excluding hydrogens is 212 g/mol. The van der Waals surface area contributed by atoms with Crippen LogP contribution in [0.25, 0.3) is 0 Å². The molecule has 0 radical (unpaired) electrons. The normalized spacial score (nSPS) is 17.3. The van der Waals surface area contributed by atoms with Crippen LogP contribution in [0.1, 0.15) is 25.3 Å². The smallest absolute Gasteiger partial charge is 0.230 e. The number of carbonyl (C=O) groups is 1. The molecule has 0 saturated carbocycles. The molecule has 1 saturated heterocycles. The molecule has 1 aliphatic heterocycles. The molecule has 1 aromatic carbocycles. The fraction of sp³-hybridized carbons (Fsp3) is 0.500. The van der Waals surface area contributed by atoms with Gasteiger partial charge in [0.15, 0.2) is 0 Å². The minimum atomic E-state index is -0.0447. The number of benzene rings is 1. The first-order valence-corrected chi connectivity index (χ1v) is 6.30. The van der Waals surface area contributed by atoms with E-state index in [1.165, 1.54) is 0 Å². The van der Waals surface area contributed by atoms with Crippen molar-refractivity contribution in [2.45, 2.75) is 25.8 Å². The molecule has 1 N–H and O–H groups in total. The first-order chi connectivity index (χ1) is 8.24. The molecule has 2 rings (SSSR count). The van der Waals surface area contributed by atoms with Crippen molar-refractivity contribution in [3.05, 3.63) is 35.9 Å². The second-order valence-corrected chi connectivity index (χ2v) is 4.57. The Morgan fingerprint density at radius 1 is 1.41 bits per heavy atom. The Labute approximate surface area is 103 Å². The standard InChI is InChI=1S/C14H20N2O/c1-3-16(13-9-15-10-13)14(17)11(2)12-7-5-4-6-8-12/h4-8,11,13,15H,3,9-10H2,1-2H3. The highest BCUT2D eigenvalue weighted by Gasteiger charge is 2.30. The van der Waals surface area contributed by atoms with Crippen molar-refractivity contribution in [2.24, 2.45) is 0 Å². The third kappa shape index (κ3) is 2.50. The van der Waals surface area contributed by atoms with Gasteiger partial charge in [-0.05, 0) is 19.4 Å². The van der Waals surface area contributed by atoms with Crippen LogP contribution in [-0.4, -0.2) is 36.5 Å². The van der Waals surface area contributed by atoms with Crippen LogP contribution in [0.3, 0.4) is 0 Å². The summed E-state index contributed by atoms with van der Waals surface area (Å²) in [5.41, 5.74) is 1.10. The molecule has 3 nitrogen and oxygen atoms in total. The quantitative estimate of drug-likeness (QED) is 0.855. The van der Waals surface area contributed by atoms with Gasteiger partial charge < -0.3 is 10.2 Å². The highest BCUT2D eigenvalue weighted by Crippen LogP contribution is 2.19. The number of likely N-dealkylation sites (N-methyl/N-ethyl adjacent to an activating group) is 1. The summed E-state index contributed by atoms with van der Waals surface area (Å²) in [6.45, 7) is 6.70. The number of nitrogens with zero attached hydrogens (tertiary/aromatic N) is 1. The van der Waals surface area contributed by atoms with Crippen molar-refractivity contribution in [3.63, 3.8) is 0 Å². The van der Waals surface area contributed by atoms with Gasteiger partial charge >= 0.3 is 0 Å². The number of nitrogens with one attached hydrogen (secondary N) is 1.